The van der Waals surface area contributed by atoms with Gasteiger partial charge >= 0.3 is 5.97 Å². The van der Waals surface area contributed by atoms with E-state index in [0.29, 0.717) is 0 Å². The summed E-state index contributed by atoms with van der Waals surface area (Å²) >= 11 is 10.4. The molecule has 0 saturated carbocycles. The minimum Gasteiger partial charge on any atom is -0.461 e. The number of halogens is 2. The van der Waals surface area contributed by atoms with Crippen molar-refractivity contribution in [1.82, 2.24) is 0 Å². The van der Waals surface area contributed by atoms with Crippen molar-refractivity contribution >= 4 is 29.2 Å². The molecule has 0 aromatic carbocycles. The van der Waals surface area contributed by atoms with E-state index < -0.39 is 10.8 Å². The van der Waals surface area contributed by atoms with Crippen molar-refractivity contribution < 1.29 is 9.53 Å². The van der Waals surface area contributed by atoms with Crippen LogP contribution in [0.25, 0.3) is 0 Å². The summed E-state index contributed by atoms with van der Waals surface area (Å²) in [7, 11) is 0. The lowest BCUT2D eigenvalue weighted by Gasteiger charge is -2.10. The predicted molar refractivity (Wildman–Crippen MR) is 41.3 cm³/mol. The Morgan fingerprint density at radius 1 is 1.60 bits per heavy atom. The molecule has 0 aliphatic rings. The quantitative estimate of drug-likeness (QED) is 0.497. The van der Waals surface area contributed by atoms with Crippen LogP contribution in [0.15, 0.2) is 0 Å². The highest BCUT2D eigenvalue weighted by Gasteiger charge is 2.14. The molecule has 0 saturated heterocycles. The number of ether oxygens (including phenoxy) is 1. The van der Waals surface area contributed by atoms with Crippen LogP contribution < -0.4 is 0 Å². The van der Waals surface area contributed by atoms with Crippen LogP contribution in [-0.4, -0.2) is 16.9 Å². The van der Waals surface area contributed by atoms with Gasteiger partial charge in [-0.15, -0.1) is 0 Å². The second-order valence-electron chi connectivity index (χ2n) is 1.96. The molecule has 0 amide bonds. The zero-order valence-corrected chi connectivity index (χ0v) is 7.45. The van der Waals surface area contributed by atoms with Gasteiger partial charge in [0.05, 0.1) is 6.10 Å². The van der Waals surface area contributed by atoms with Crippen LogP contribution in [0, 0.1) is 0 Å². The second-order valence-corrected chi connectivity index (χ2v) is 3.05. The fourth-order valence-electron chi connectivity index (χ4n) is 0.333. The van der Waals surface area contributed by atoms with E-state index in [0.717, 1.165) is 6.42 Å². The first kappa shape index (κ1) is 10.0. The number of hydrogen-bond acceptors (Lipinski definition) is 2. The zero-order valence-electron chi connectivity index (χ0n) is 5.93. The van der Waals surface area contributed by atoms with Gasteiger partial charge in [-0.05, 0) is 13.3 Å². The normalized spacial score (nSPS) is 13.3. The molecule has 0 rings (SSSR count). The third-order valence-electron chi connectivity index (χ3n) is 1.07. The molecule has 0 aromatic rings. The Morgan fingerprint density at radius 2 is 2.10 bits per heavy atom. The summed E-state index contributed by atoms with van der Waals surface area (Å²) in [5.41, 5.74) is 0. The molecule has 0 fully saturated rings. The Morgan fingerprint density at radius 3 is 2.40 bits per heavy atom. The van der Waals surface area contributed by atoms with Crippen molar-refractivity contribution in [3.8, 4) is 0 Å². The lowest BCUT2D eigenvalue weighted by Crippen LogP contribution is -2.18. The smallest absolute Gasteiger partial charge is 0.339 e. The zero-order chi connectivity index (χ0) is 8.15. The molecule has 60 valence electrons. The lowest BCUT2D eigenvalue weighted by atomic mass is 10.3. The monoisotopic (exact) mass is 184 g/mol. The van der Waals surface area contributed by atoms with E-state index in [-0.39, 0.29) is 6.10 Å². The molecular formula is C6H10Cl2O2. The standard InChI is InChI=1S/C6H10Cl2O2/c1-3-4(2)10-6(9)5(7)8/h4-5H,3H2,1-2H3/t4-/m0/s1. The molecular weight excluding hydrogens is 175 g/mol. The van der Waals surface area contributed by atoms with Crippen LogP contribution >= 0.6 is 23.2 Å². The predicted octanol–water partition coefficient (Wildman–Crippen LogP) is 2.13. The lowest BCUT2D eigenvalue weighted by molar-refractivity contribution is -0.146. The van der Waals surface area contributed by atoms with Crippen LogP contribution in [0.2, 0.25) is 0 Å². The van der Waals surface area contributed by atoms with E-state index in [9.17, 15) is 4.79 Å². The van der Waals surface area contributed by atoms with Gasteiger partial charge in [0.15, 0.2) is 0 Å². The van der Waals surface area contributed by atoms with E-state index in [2.05, 4.69) is 0 Å². The molecule has 0 aliphatic carbocycles. The van der Waals surface area contributed by atoms with Crippen molar-refractivity contribution in [2.75, 3.05) is 0 Å². The SMILES string of the molecule is CC[C@H](C)OC(=O)C(Cl)Cl. The highest BCUT2D eigenvalue weighted by atomic mass is 35.5. The highest BCUT2D eigenvalue weighted by molar-refractivity contribution is 6.52. The summed E-state index contributed by atoms with van der Waals surface area (Å²) < 4.78 is 4.76. The fourth-order valence-corrected chi connectivity index (χ4v) is 0.436. The molecule has 2 nitrogen and oxygen atoms in total. The molecule has 4 heteroatoms. The van der Waals surface area contributed by atoms with Crippen molar-refractivity contribution in [3.05, 3.63) is 0 Å². The Balaban J connectivity index is 3.57. The van der Waals surface area contributed by atoms with Gasteiger partial charge in [0.1, 0.15) is 0 Å². The average Bonchev–Trinajstić information content (AvgIpc) is 1.87. The summed E-state index contributed by atoms with van der Waals surface area (Å²) in [5, 5.41) is 0. The van der Waals surface area contributed by atoms with Crippen LogP contribution in [0.3, 0.4) is 0 Å². The van der Waals surface area contributed by atoms with Crippen molar-refractivity contribution in [2.45, 2.75) is 31.2 Å². The van der Waals surface area contributed by atoms with Gasteiger partial charge in [0.2, 0.25) is 4.84 Å². The number of alkyl halides is 2. The fraction of sp³-hybridized carbons (Fsp3) is 0.833. The highest BCUT2D eigenvalue weighted by Crippen LogP contribution is 2.06. The number of hydrogen-bond donors (Lipinski definition) is 0. The largest absolute Gasteiger partial charge is 0.461 e. The van der Waals surface area contributed by atoms with Crippen LogP contribution in [0.5, 0.6) is 0 Å². The van der Waals surface area contributed by atoms with Gasteiger partial charge in [-0.2, -0.15) is 0 Å². The van der Waals surface area contributed by atoms with E-state index in [1.165, 1.54) is 0 Å². The van der Waals surface area contributed by atoms with E-state index in [4.69, 9.17) is 27.9 Å². The number of rotatable bonds is 3. The molecule has 1 atom stereocenters. The van der Waals surface area contributed by atoms with Gasteiger partial charge in [-0.25, -0.2) is 4.79 Å². The summed E-state index contributed by atoms with van der Waals surface area (Å²) in [4.78, 5) is 9.56. The average molecular weight is 185 g/mol. The molecule has 0 unspecified atom stereocenters. The maximum Gasteiger partial charge on any atom is 0.339 e. The van der Waals surface area contributed by atoms with Gasteiger partial charge in [-0.1, -0.05) is 30.1 Å². The molecule has 0 radical (unpaired) electrons. The van der Waals surface area contributed by atoms with Crippen molar-refractivity contribution in [3.63, 3.8) is 0 Å². The summed E-state index contributed by atoms with van der Waals surface area (Å²) in [6.45, 7) is 3.70. The topological polar surface area (TPSA) is 26.3 Å². The van der Waals surface area contributed by atoms with Gasteiger partial charge < -0.3 is 4.74 Å². The minimum absolute atomic E-state index is 0.104. The van der Waals surface area contributed by atoms with Gasteiger partial charge in [0, 0.05) is 0 Å². The molecule has 0 heterocycles. The Kier molecular flexibility index (Phi) is 4.83. The third-order valence-corrected chi connectivity index (χ3v) is 1.43. The van der Waals surface area contributed by atoms with Crippen LogP contribution in [0.4, 0.5) is 0 Å². The molecule has 0 spiro atoms. The number of esters is 1. The number of carbonyl (C=O) groups is 1. The maximum absolute atomic E-state index is 10.6. The molecule has 0 bridgehead atoms. The van der Waals surface area contributed by atoms with Gasteiger partial charge in [-0.3, -0.25) is 0 Å². The first-order valence-electron chi connectivity index (χ1n) is 3.06. The Hall–Kier alpha value is 0.0500. The van der Waals surface area contributed by atoms with E-state index in [1.807, 2.05) is 6.92 Å². The Bertz CT molecular complexity index is 114. The van der Waals surface area contributed by atoms with E-state index in [1.54, 1.807) is 6.92 Å². The third kappa shape index (κ3) is 3.96. The minimum atomic E-state index is -1.06. The van der Waals surface area contributed by atoms with Gasteiger partial charge in [0.25, 0.3) is 0 Å². The molecule has 10 heavy (non-hydrogen) atoms. The van der Waals surface area contributed by atoms with Crippen molar-refractivity contribution in [2.24, 2.45) is 0 Å². The molecule has 0 N–H and O–H groups in total. The molecule has 0 aliphatic heterocycles. The first-order valence-corrected chi connectivity index (χ1v) is 3.93. The van der Waals surface area contributed by atoms with Crippen molar-refractivity contribution in [1.29, 1.82) is 0 Å². The van der Waals surface area contributed by atoms with Crippen LogP contribution in [0.1, 0.15) is 20.3 Å². The molecule has 0 aromatic heterocycles. The number of carbonyl (C=O) groups excluding carboxylic acids is 1. The summed E-state index contributed by atoms with van der Waals surface area (Å²) in [6.07, 6.45) is 0.666. The Labute approximate surface area is 70.4 Å². The first-order chi connectivity index (χ1) is 4.57. The summed E-state index contributed by atoms with van der Waals surface area (Å²) in [6, 6.07) is 0. The summed E-state index contributed by atoms with van der Waals surface area (Å²) in [5.74, 6) is -0.572. The van der Waals surface area contributed by atoms with Crippen LogP contribution in [-0.2, 0) is 9.53 Å². The van der Waals surface area contributed by atoms with E-state index >= 15 is 0 Å². The maximum atomic E-state index is 10.6. The second kappa shape index (κ2) is 4.80.